The fraction of sp³-hybridized carbons (Fsp3) is 0.455. The molecule has 2 rings (SSSR count). The minimum absolute atomic E-state index is 0. The summed E-state index contributed by atoms with van der Waals surface area (Å²) < 4.78 is 18.5. The average molecular weight is 247 g/mol. The molecule has 1 heterocycles. The number of hydrogen-bond acceptors (Lipinski definition) is 3. The molecule has 1 aliphatic rings. The molecule has 5 heteroatoms. The number of hydrogen-bond donors (Lipinski definition) is 1. The third kappa shape index (κ3) is 2.57. The van der Waals surface area contributed by atoms with Crippen molar-refractivity contribution >= 4 is 18.1 Å². The van der Waals surface area contributed by atoms with Crippen LogP contribution in [0.15, 0.2) is 18.2 Å². The summed E-state index contributed by atoms with van der Waals surface area (Å²) in [5.41, 5.74) is 0.846. The molecule has 1 N–H and O–H groups in total. The second-order valence-corrected chi connectivity index (χ2v) is 3.53. The smallest absolute Gasteiger partial charge is 0.177 e. The molecule has 1 aromatic rings. The molecular weight excluding hydrogens is 231 g/mol. The summed E-state index contributed by atoms with van der Waals surface area (Å²) in [4.78, 5) is 2.14. The molecule has 3 nitrogen and oxygen atoms in total. The molecule has 0 saturated carbocycles. The summed E-state index contributed by atoms with van der Waals surface area (Å²) in [7, 11) is 1.50. The van der Waals surface area contributed by atoms with Crippen molar-refractivity contribution in [2.24, 2.45) is 0 Å². The van der Waals surface area contributed by atoms with Crippen LogP contribution >= 0.6 is 12.4 Å². The number of anilines is 1. The maximum atomic E-state index is 13.4. The van der Waals surface area contributed by atoms with Crippen LogP contribution in [-0.4, -0.2) is 33.3 Å². The van der Waals surface area contributed by atoms with Gasteiger partial charge in [-0.05, 0) is 12.1 Å². The molecule has 0 atom stereocenters. The molecule has 0 radical (unpaired) electrons. The lowest BCUT2D eigenvalue weighted by Crippen LogP contribution is -2.43. The first kappa shape index (κ1) is 13.1. The molecule has 0 unspecified atom stereocenters. The molecule has 0 amide bonds. The predicted octanol–water partition coefficient (Wildman–Crippen LogP) is 1.67. The third-order valence-corrected chi connectivity index (χ3v) is 2.61. The van der Waals surface area contributed by atoms with Crippen LogP contribution in [0.3, 0.4) is 0 Å². The number of para-hydroxylation sites is 1. The number of nitrogens with one attached hydrogen (secondary N) is 1. The molecule has 1 fully saturated rings. The Morgan fingerprint density at radius 1 is 1.31 bits per heavy atom. The van der Waals surface area contributed by atoms with Crippen LogP contribution in [0.1, 0.15) is 0 Å². The van der Waals surface area contributed by atoms with Gasteiger partial charge in [-0.15, -0.1) is 12.4 Å². The Morgan fingerprint density at radius 2 is 2.00 bits per heavy atom. The monoisotopic (exact) mass is 246 g/mol. The summed E-state index contributed by atoms with van der Waals surface area (Å²) >= 11 is 0. The number of halogens is 2. The normalized spacial score (nSPS) is 15.5. The molecule has 1 saturated heterocycles. The van der Waals surface area contributed by atoms with Crippen molar-refractivity contribution in [2.45, 2.75) is 0 Å². The molecule has 1 aromatic carbocycles. The van der Waals surface area contributed by atoms with Gasteiger partial charge in [0.2, 0.25) is 0 Å². The number of benzene rings is 1. The van der Waals surface area contributed by atoms with E-state index < -0.39 is 0 Å². The van der Waals surface area contributed by atoms with Gasteiger partial charge < -0.3 is 15.0 Å². The van der Waals surface area contributed by atoms with Gasteiger partial charge in [0, 0.05) is 26.2 Å². The fourth-order valence-corrected chi connectivity index (χ4v) is 1.85. The highest BCUT2D eigenvalue weighted by Gasteiger charge is 2.16. The summed E-state index contributed by atoms with van der Waals surface area (Å²) in [5, 5.41) is 3.26. The quantitative estimate of drug-likeness (QED) is 0.859. The van der Waals surface area contributed by atoms with E-state index >= 15 is 0 Å². The summed E-state index contributed by atoms with van der Waals surface area (Å²) in [5.74, 6) is 0.0490. The SMILES string of the molecule is COc1c(F)cccc1N1CCNCC1.Cl. The van der Waals surface area contributed by atoms with Crippen molar-refractivity contribution in [3.8, 4) is 5.75 Å². The van der Waals surface area contributed by atoms with Gasteiger partial charge in [0.05, 0.1) is 12.8 Å². The number of rotatable bonds is 2. The Balaban J connectivity index is 0.00000128. The third-order valence-electron chi connectivity index (χ3n) is 2.61. The molecule has 1 aliphatic heterocycles. The first-order chi connectivity index (χ1) is 7.33. The molecule has 90 valence electrons. The van der Waals surface area contributed by atoms with Crippen LogP contribution < -0.4 is 15.0 Å². The number of methoxy groups -OCH3 is 1. The van der Waals surface area contributed by atoms with Gasteiger partial charge in [-0.1, -0.05) is 6.07 Å². The van der Waals surface area contributed by atoms with Crippen molar-refractivity contribution in [3.05, 3.63) is 24.0 Å². The fourth-order valence-electron chi connectivity index (χ4n) is 1.85. The summed E-state index contributed by atoms with van der Waals surface area (Å²) in [6.45, 7) is 3.64. The lowest BCUT2D eigenvalue weighted by molar-refractivity contribution is 0.385. The number of ether oxygens (including phenoxy) is 1. The molecule has 16 heavy (non-hydrogen) atoms. The van der Waals surface area contributed by atoms with Gasteiger partial charge >= 0.3 is 0 Å². The van der Waals surface area contributed by atoms with E-state index in [1.54, 1.807) is 6.07 Å². The van der Waals surface area contributed by atoms with E-state index in [0.717, 1.165) is 31.9 Å². The Morgan fingerprint density at radius 3 is 2.62 bits per heavy atom. The van der Waals surface area contributed by atoms with E-state index in [4.69, 9.17) is 4.74 Å². The Labute approximate surface area is 101 Å². The summed E-state index contributed by atoms with van der Waals surface area (Å²) in [6.07, 6.45) is 0. The second-order valence-electron chi connectivity index (χ2n) is 3.53. The van der Waals surface area contributed by atoms with E-state index in [1.807, 2.05) is 6.07 Å². The molecule has 0 bridgehead atoms. The Hall–Kier alpha value is -1.00. The minimum Gasteiger partial charge on any atom is -0.492 e. The Bertz CT molecular complexity index is 343. The van der Waals surface area contributed by atoms with E-state index in [-0.39, 0.29) is 18.2 Å². The van der Waals surface area contributed by atoms with E-state index in [2.05, 4.69) is 10.2 Å². The van der Waals surface area contributed by atoms with E-state index in [1.165, 1.54) is 13.2 Å². The van der Waals surface area contributed by atoms with Crippen LogP contribution in [-0.2, 0) is 0 Å². The van der Waals surface area contributed by atoms with Crippen molar-refractivity contribution in [2.75, 3.05) is 38.2 Å². The zero-order valence-corrected chi connectivity index (χ0v) is 10.0. The van der Waals surface area contributed by atoms with Crippen molar-refractivity contribution in [3.63, 3.8) is 0 Å². The van der Waals surface area contributed by atoms with Crippen molar-refractivity contribution in [1.29, 1.82) is 0 Å². The lowest BCUT2D eigenvalue weighted by Gasteiger charge is -2.30. The maximum absolute atomic E-state index is 13.4. The highest BCUT2D eigenvalue weighted by atomic mass is 35.5. The van der Waals surface area contributed by atoms with Crippen molar-refractivity contribution < 1.29 is 9.13 Å². The van der Waals surface area contributed by atoms with Crippen molar-refractivity contribution in [1.82, 2.24) is 5.32 Å². The Kier molecular flexibility index (Phi) is 4.83. The minimum atomic E-state index is -0.298. The van der Waals surface area contributed by atoms with E-state index in [9.17, 15) is 4.39 Å². The van der Waals surface area contributed by atoms with Gasteiger partial charge in [0.25, 0.3) is 0 Å². The van der Waals surface area contributed by atoms with Gasteiger partial charge in [0.15, 0.2) is 11.6 Å². The van der Waals surface area contributed by atoms with Crippen LogP contribution in [0, 0.1) is 5.82 Å². The highest BCUT2D eigenvalue weighted by molar-refractivity contribution is 5.85. The van der Waals surface area contributed by atoms with Gasteiger partial charge in [-0.2, -0.15) is 0 Å². The largest absolute Gasteiger partial charge is 0.492 e. The standard InChI is InChI=1S/C11H15FN2O.ClH/c1-15-11-9(12)3-2-4-10(11)14-7-5-13-6-8-14;/h2-4,13H,5-8H2,1H3;1H. The highest BCUT2D eigenvalue weighted by Crippen LogP contribution is 2.30. The van der Waals surface area contributed by atoms with Gasteiger partial charge in [0.1, 0.15) is 0 Å². The van der Waals surface area contributed by atoms with E-state index in [0.29, 0.717) is 5.75 Å². The first-order valence-electron chi connectivity index (χ1n) is 5.11. The molecule has 0 spiro atoms. The zero-order chi connectivity index (χ0) is 10.7. The lowest BCUT2D eigenvalue weighted by atomic mass is 10.2. The molecule has 0 aliphatic carbocycles. The van der Waals surface area contributed by atoms with Gasteiger partial charge in [-0.3, -0.25) is 0 Å². The maximum Gasteiger partial charge on any atom is 0.177 e. The molecular formula is C11H16ClFN2O. The number of piperazine rings is 1. The molecule has 0 aromatic heterocycles. The zero-order valence-electron chi connectivity index (χ0n) is 9.20. The average Bonchev–Trinajstić information content (AvgIpc) is 2.30. The topological polar surface area (TPSA) is 24.5 Å². The van der Waals surface area contributed by atoms with Crippen LogP contribution in [0.5, 0.6) is 5.75 Å². The van der Waals surface area contributed by atoms with Crippen LogP contribution in [0.25, 0.3) is 0 Å². The first-order valence-corrected chi connectivity index (χ1v) is 5.11. The second kappa shape index (κ2) is 5.92. The summed E-state index contributed by atoms with van der Waals surface area (Å²) in [6, 6.07) is 5.03. The number of nitrogens with zero attached hydrogens (tertiary/aromatic N) is 1. The van der Waals surface area contributed by atoms with Crippen LogP contribution in [0.4, 0.5) is 10.1 Å². The van der Waals surface area contributed by atoms with Crippen LogP contribution in [0.2, 0.25) is 0 Å². The predicted molar refractivity (Wildman–Crippen MR) is 65.3 cm³/mol. The van der Waals surface area contributed by atoms with Gasteiger partial charge in [-0.25, -0.2) is 4.39 Å².